The molecule has 0 amide bonds. The Morgan fingerprint density at radius 3 is 2.80 bits per heavy atom. The number of aromatic nitrogens is 1. The highest BCUT2D eigenvalue weighted by atomic mass is 16.5. The predicted molar refractivity (Wildman–Crippen MR) is 82.2 cm³/mol. The maximum Gasteiger partial charge on any atom is 0.144 e. The lowest BCUT2D eigenvalue weighted by Crippen LogP contribution is -2.00. The van der Waals surface area contributed by atoms with Crippen LogP contribution in [-0.4, -0.2) is 17.9 Å². The molecule has 3 nitrogen and oxygen atoms in total. The van der Waals surface area contributed by atoms with E-state index >= 15 is 0 Å². The lowest BCUT2D eigenvalue weighted by atomic mass is 10.2. The van der Waals surface area contributed by atoms with Crippen molar-refractivity contribution in [3.05, 3.63) is 48.3 Å². The van der Waals surface area contributed by atoms with Crippen molar-refractivity contribution in [1.29, 1.82) is 0 Å². The van der Waals surface area contributed by atoms with Gasteiger partial charge in [-0.3, -0.25) is 4.99 Å². The molecule has 0 radical (unpaired) electrons. The normalized spacial score (nSPS) is 16.1. The molecule has 0 saturated heterocycles. The number of para-hydroxylation sites is 2. The lowest BCUT2D eigenvalue weighted by molar-refractivity contribution is 0.416. The van der Waals surface area contributed by atoms with E-state index in [4.69, 9.17) is 4.74 Å². The van der Waals surface area contributed by atoms with E-state index in [9.17, 15) is 0 Å². The SMILES string of the molecule is COc1ccccc1N=Cc1ccn(C2CCCC2)c1. The standard InChI is InChI=1S/C17H20N2O/c1-20-17-9-5-4-8-16(17)18-12-14-10-11-19(13-14)15-6-2-3-7-15/h4-5,8-13,15H,2-3,6-7H2,1H3. The van der Waals surface area contributed by atoms with E-state index in [1.165, 1.54) is 25.7 Å². The maximum absolute atomic E-state index is 5.30. The Balaban J connectivity index is 1.75. The molecular formula is C17H20N2O. The summed E-state index contributed by atoms with van der Waals surface area (Å²) in [5, 5.41) is 0. The van der Waals surface area contributed by atoms with Gasteiger partial charge in [-0.25, -0.2) is 0 Å². The van der Waals surface area contributed by atoms with Gasteiger partial charge in [-0.1, -0.05) is 25.0 Å². The third-order valence-corrected chi connectivity index (χ3v) is 3.92. The van der Waals surface area contributed by atoms with Gasteiger partial charge in [-0.2, -0.15) is 0 Å². The highest BCUT2D eigenvalue weighted by Crippen LogP contribution is 2.30. The molecule has 1 saturated carbocycles. The fourth-order valence-corrected chi connectivity index (χ4v) is 2.82. The Kier molecular flexibility index (Phi) is 3.86. The molecule has 1 aromatic heterocycles. The van der Waals surface area contributed by atoms with Crippen LogP contribution in [0.4, 0.5) is 5.69 Å². The number of benzene rings is 1. The summed E-state index contributed by atoms with van der Waals surface area (Å²) in [6.07, 6.45) is 11.6. The molecule has 20 heavy (non-hydrogen) atoms. The van der Waals surface area contributed by atoms with Gasteiger partial charge in [0, 0.05) is 30.2 Å². The number of hydrogen-bond acceptors (Lipinski definition) is 2. The Morgan fingerprint density at radius 1 is 1.20 bits per heavy atom. The molecule has 0 spiro atoms. The molecule has 1 fully saturated rings. The molecule has 3 heteroatoms. The van der Waals surface area contributed by atoms with Crippen LogP contribution >= 0.6 is 0 Å². The third-order valence-electron chi connectivity index (χ3n) is 3.92. The minimum absolute atomic E-state index is 0.684. The first-order valence-electron chi connectivity index (χ1n) is 7.21. The van der Waals surface area contributed by atoms with Crippen molar-refractivity contribution in [3.63, 3.8) is 0 Å². The van der Waals surface area contributed by atoms with Crippen molar-refractivity contribution in [3.8, 4) is 5.75 Å². The van der Waals surface area contributed by atoms with Crippen LogP contribution < -0.4 is 4.74 Å². The number of methoxy groups -OCH3 is 1. The van der Waals surface area contributed by atoms with E-state index in [1.807, 2.05) is 30.5 Å². The summed E-state index contributed by atoms with van der Waals surface area (Å²) in [7, 11) is 1.67. The van der Waals surface area contributed by atoms with E-state index in [-0.39, 0.29) is 0 Å². The molecule has 0 unspecified atom stereocenters. The summed E-state index contributed by atoms with van der Waals surface area (Å²) >= 11 is 0. The van der Waals surface area contributed by atoms with E-state index < -0.39 is 0 Å². The maximum atomic E-state index is 5.30. The summed E-state index contributed by atoms with van der Waals surface area (Å²) in [6, 6.07) is 10.6. The topological polar surface area (TPSA) is 26.5 Å². The second-order valence-electron chi connectivity index (χ2n) is 5.26. The van der Waals surface area contributed by atoms with Crippen LogP contribution in [0.3, 0.4) is 0 Å². The van der Waals surface area contributed by atoms with Crippen molar-refractivity contribution in [1.82, 2.24) is 4.57 Å². The molecule has 1 aliphatic carbocycles. The van der Waals surface area contributed by atoms with Gasteiger partial charge >= 0.3 is 0 Å². The van der Waals surface area contributed by atoms with Gasteiger partial charge in [-0.05, 0) is 31.0 Å². The molecular weight excluding hydrogens is 248 g/mol. The van der Waals surface area contributed by atoms with Gasteiger partial charge in [-0.15, -0.1) is 0 Å². The molecule has 2 aromatic rings. The van der Waals surface area contributed by atoms with Gasteiger partial charge in [0.25, 0.3) is 0 Å². The van der Waals surface area contributed by atoms with E-state index in [0.29, 0.717) is 6.04 Å². The van der Waals surface area contributed by atoms with Crippen LogP contribution in [0.2, 0.25) is 0 Å². The van der Waals surface area contributed by atoms with Crippen molar-refractivity contribution in [2.24, 2.45) is 4.99 Å². The van der Waals surface area contributed by atoms with Crippen LogP contribution in [-0.2, 0) is 0 Å². The van der Waals surface area contributed by atoms with Crippen LogP contribution in [0.25, 0.3) is 0 Å². The smallest absolute Gasteiger partial charge is 0.144 e. The fourth-order valence-electron chi connectivity index (χ4n) is 2.82. The average molecular weight is 268 g/mol. The van der Waals surface area contributed by atoms with Crippen molar-refractivity contribution in [2.45, 2.75) is 31.7 Å². The molecule has 0 aliphatic heterocycles. The van der Waals surface area contributed by atoms with Crippen molar-refractivity contribution >= 4 is 11.9 Å². The Morgan fingerprint density at radius 2 is 2.00 bits per heavy atom. The van der Waals surface area contributed by atoms with Gasteiger partial charge in [0.2, 0.25) is 0 Å². The molecule has 0 bridgehead atoms. The minimum Gasteiger partial charge on any atom is -0.494 e. The van der Waals surface area contributed by atoms with Gasteiger partial charge in [0.05, 0.1) is 7.11 Å². The number of aliphatic imine (C=N–C) groups is 1. The first-order chi connectivity index (χ1) is 9.86. The molecule has 1 heterocycles. The predicted octanol–water partition coefficient (Wildman–Crippen LogP) is 4.36. The molecule has 0 N–H and O–H groups in total. The second kappa shape index (κ2) is 5.95. The second-order valence-corrected chi connectivity index (χ2v) is 5.26. The Bertz CT molecular complexity index is 595. The van der Waals surface area contributed by atoms with Gasteiger partial charge in [0.15, 0.2) is 0 Å². The number of rotatable bonds is 4. The molecule has 3 rings (SSSR count). The average Bonchev–Trinajstić information content (AvgIpc) is 3.16. The van der Waals surface area contributed by atoms with Crippen LogP contribution in [0.5, 0.6) is 5.75 Å². The highest BCUT2D eigenvalue weighted by molar-refractivity contribution is 5.82. The summed E-state index contributed by atoms with van der Waals surface area (Å²) in [4.78, 5) is 4.52. The molecule has 0 atom stereocenters. The number of ether oxygens (including phenoxy) is 1. The summed E-state index contributed by atoms with van der Waals surface area (Å²) in [5.74, 6) is 0.805. The highest BCUT2D eigenvalue weighted by Gasteiger charge is 2.15. The first-order valence-corrected chi connectivity index (χ1v) is 7.21. The van der Waals surface area contributed by atoms with Gasteiger partial charge < -0.3 is 9.30 Å². The van der Waals surface area contributed by atoms with Crippen molar-refractivity contribution in [2.75, 3.05) is 7.11 Å². The summed E-state index contributed by atoms with van der Waals surface area (Å²) < 4.78 is 7.63. The summed E-state index contributed by atoms with van der Waals surface area (Å²) in [6.45, 7) is 0. The zero-order chi connectivity index (χ0) is 13.8. The van der Waals surface area contributed by atoms with Crippen LogP contribution in [0.15, 0.2) is 47.7 Å². The molecule has 1 aromatic carbocycles. The first kappa shape index (κ1) is 13.0. The van der Waals surface area contributed by atoms with E-state index in [0.717, 1.165) is 17.0 Å². The Labute approximate surface area is 119 Å². The quantitative estimate of drug-likeness (QED) is 0.757. The summed E-state index contributed by atoms with van der Waals surface area (Å²) in [5.41, 5.74) is 2.01. The monoisotopic (exact) mass is 268 g/mol. The largest absolute Gasteiger partial charge is 0.494 e. The van der Waals surface area contributed by atoms with Crippen molar-refractivity contribution < 1.29 is 4.74 Å². The van der Waals surface area contributed by atoms with Crippen LogP contribution in [0, 0.1) is 0 Å². The fraction of sp³-hybridized carbons (Fsp3) is 0.353. The Hall–Kier alpha value is -2.03. The number of hydrogen-bond donors (Lipinski definition) is 0. The third kappa shape index (κ3) is 2.77. The van der Waals surface area contributed by atoms with E-state index in [2.05, 4.69) is 28.0 Å². The lowest BCUT2D eigenvalue weighted by Gasteiger charge is -2.10. The molecule has 1 aliphatic rings. The minimum atomic E-state index is 0.684. The molecule has 104 valence electrons. The van der Waals surface area contributed by atoms with Gasteiger partial charge in [0.1, 0.15) is 11.4 Å². The zero-order valence-electron chi connectivity index (χ0n) is 11.8. The number of nitrogens with zero attached hydrogens (tertiary/aromatic N) is 2. The zero-order valence-corrected chi connectivity index (χ0v) is 11.8. The van der Waals surface area contributed by atoms with Crippen LogP contribution in [0.1, 0.15) is 37.3 Å². The van der Waals surface area contributed by atoms with E-state index in [1.54, 1.807) is 7.11 Å².